The zero-order valence-corrected chi connectivity index (χ0v) is 19.8. The van der Waals surface area contributed by atoms with Crippen LogP contribution in [0.2, 0.25) is 5.02 Å². The van der Waals surface area contributed by atoms with Gasteiger partial charge in [-0.05, 0) is 55.8 Å². The van der Waals surface area contributed by atoms with Crippen LogP contribution < -0.4 is 10.5 Å². The molecule has 4 heterocycles. The molecule has 0 bridgehead atoms. The molecule has 1 aromatic carbocycles. The van der Waals surface area contributed by atoms with Crippen molar-refractivity contribution in [1.82, 2.24) is 19.5 Å². The van der Waals surface area contributed by atoms with Crippen LogP contribution in [0.5, 0.6) is 0 Å². The Labute approximate surface area is 200 Å². The minimum Gasteiger partial charge on any atom is -0.370 e. The van der Waals surface area contributed by atoms with E-state index in [1.807, 2.05) is 19.1 Å². The Hall–Kier alpha value is -3.36. The van der Waals surface area contributed by atoms with E-state index < -0.39 is 5.82 Å². The van der Waals surface area contributed by atoms with Crippen molar-refractivity contribution in [3.05, 3.63) is 80.9 Å². The Morgan fingerprint density at radius 2 is 1.97 bits per heavy atom. The molecule has 1 atom stereocenters. The number of morpholine rings is 1. The maximum Gasteiger partial charge on any atom is 0.261 e. The molecular formula is C25H23ClFN5O2. The average molecular weight is 480 g/mol. The fraction of sp³-hybridized carbons (Fsp3) is 0.280. The summed E-state index contributed by atoms with van der Waals surface area (Å²) in [5.41, 5.74) is 2.63. The van der Waals surface area contributed by atoms with Crippen molar-refractivity contribution < 1.29 is 9.13 Å². The number of hydrogen-bond donors (Lipinski definition) is 0. The minimum atomic E-state index is -0.523. The Balaban J connectivity index is 1.66. The summed E-state index contributed by atoms with van der Waals surface area (Å²) in [7, 11) is 1.67. The van der Waals surface area contributed by atoms with Gasteiger partial charge in [-0.25, -0.2) is 14.4 Å². The topological polar surface area (TPSA) is 73.1 Å². The molecule has 174 valence electrons. The van der Waals surface area contributed by atoms with E-state index in [1.165, 1.54) is 10.6 Å². The molecule has 5 rings (SSSR count). The van der Waals surface area contributed by atoms with Crippen LogP contribution in [0.4, 0.5) is 10.2 Å². The lowest BCUT2D eigenvalue weighted by Gasteiger charge is -2.34. The zero-order chi connectivity index (χ0) is 24.0. The molecule has 0 spiro atoms. The summed E-state index contributed by atoms with van der Waals surface area (Å²) in [6.45, 7) is 5.28. The normalized spacial score (nSPS) is 16.3. The van der Waals surface area contributed by atoms with Crippen LogP contribution in [-0.2, 0) is 11.8 Å². The van der Waals surface area contributed by atoms with Crippen LogP contribution in [0.25, 0.3) is 22.2 Å². The van der Waals surface area contributed by atoms with Gasteiger partial charge in [-0.2, -0.15) is 0 Å². The molecular weight excluding hydrogens is 457 g/mol. The Morgan fingerprint density at radius 3 is 2.74 bits per heavy atom. The van der Waals surface area contributed by atoms with E-state index >= 15 is 0 Å². The molecule has 1 fully saturated rings. The van der Waals surface area contributed by atoms with E-state index in [1.54, 1.807) is 38.4 Å². The van der Waals surface area contributed by atoms with Gasteiger partial charge in [0.2, 0.25) is 0 Å². The molecule has 9 heteroatoms. The van der Waals surface area contributed by atoms with Crippen LogP contribution in [0.1, 0.15) is 23.2 Å². The minimum absolute atomic E-state index is 0.178. The van der Waals surface area contributed by atoms with Gasteiger partial charge in [-0.3, -0.25) is 14.3 Å². The Morgan fingerprint density at radius 1 is 1.15 bits per heavy atom. The molecule has 4 aromatic rings. The van der Waals surface area contributed by atoms with Gasteiger partial charge in [-0.15, -0.1) is 0 Å². The summed E-state index contributed by atoms with van der Waals surface area (Å²) in [5, 5.41) is 0.663. The molecule has 1 aliphatic heterocycles. The zero-order valence-electron chi connectivity index (χ0n) is 19.0. The van der Waals surface area contributed by atoms with Crippen molar-refractivity contribution in [2.75, 3.05) is 24.6 Å². The molecule has 0 amide bonds. The summed E-state index contributed by atoms with van der Waals surface area (Å²) in [5.74, 6) is 0.562. The third kappa shape index (κ3) is 4.03. The Bertz CT molecular complexity index is 1470. The van der Waals surface area contributed by atoms with Gasteiger partial charge in [-0.1, -0.05) is 11.6 Å². The summed E-state index contributed by atoms with van der Waals surface area (Å²) < 4.78 is 22.5. The quantitative estimate of drug-likeness (QED) is 0.434. The van der Waals surface area contributed by atoms with Crippen LogP contribution >= 0.6 is 11.6 Å². The standard InChI is InChI=1S/C25H23ClFN5O2/c1-14-10-16(6-7-28-14)21-13-32(8-9-34-21)22-12-19-24(29-15(2)31(3)25(19)33)23(30-22)18-5-4-17(26)11-20(18)27/h4-7,10-12,21H,8-9,13H2,1-3H3/t21-/m0/s1. The lowest BCUT2D eigenvalue weighted by Crippen LogP contribution is -2.39. The van der Waals surface area contributed by atoms with E-state index in [4.69, 9.17) is 21.3 Å². The smallest absolute Gasteiger partial charge is 0.261 e. The molecule has 1 saturated heterocycles. The van der Waals surface area contributed by atoms with Crippen LogP contribution in [0, 0.1) is 19.7 Å². The molecule has 0 N–H and O–H groups in total. The fourth-order valence-electron chi connectivity index (χ4n) is 4.22. The molecule has 0 unspecified atom stereocenters. The van der Waals surface area contributed by atoms with Gasteiger partial charge >= 0.3 is 0 Å². The number of benzene rings is 1. The maximum absolute atomic E-state index is 15.0. The Kier molecular flexibility index (Phi) is 5.79. The first-order chi connectivity index (χ1) is 16.3. The first-order valence-electron chi connectivity index (χ1n) is 10.9. The second-order valence-electron chi connectivity index (χ2n) is 8.41. The molecule has 34 heavy (non-hydrogen) atoms. The van der Waals surface area contributed by atoms with Gasteiger partial charge in [0.15, 0.2) is 0 Å². The summed E-state index contributed by atoms with van der Waals surface area (Å²) in [4.78, 5) is 28.9. The number of nitrogens with zero attached hydrogens (tertiary/aromatic N) is 5. The van der Waals surface area contributed by atoms with E-state index in [0.29, 0.717) is 47.9 Å². The largest absolute Gasteiger partial charge is 0.370 e. The third-order valence-electron chi connectivity index (χ3n) is 6.14. The van der Waals surface area contributed by atoms with E-state index in [0.717, 1.165) is 11.3 Å². The number of rotatable bonds is 3. The van der Waals surface area contributed by atoms with Crippen molar-refractivity contribution >= 4 is 28.3 Å². The number of fused-ring (bicyclic) bond motifs is 1. The number of halogens is 2. The van der Waals surface area contributed by atoms with E-state index in [-0.39, 0.29) is 22.2 Å². The lowest BCUT2D eigenvalue weighted by atomic mass is 10.1. The highest BCUT2D eigenvalue weighted by Gasteiger charge is 2.26. The van der Waals surface area contributed by atoms with Gasteiger partial charge in [0.25, 0.3) is 5.56 Å². The number of hydrogen-bond acceptors (Lipinski definition) is 6. The third-order valence-corrected chi connectivity index (χ3v) is 6.38. The molecule has 1 aliphatic rings. The number of anilines is 1. The lowest BCUT2D eigenvalue weighted by molar-refractivity contribution is 0.0394. The number of aryl methyl sites for hydroxylation is 2. The van der Waals surface area contributed by atoms with Gasteiger partial charge in [0.05, 0.1) is 12.0 Å². The predicted octanol–water partition coefficient (Wildman–Crippen LogP) is 4.38. The highest BCUT2D eigenvalue weighted by Crippen LogP contribution is 2.33. The van der Waals surface area contributed by atoms with Crippen molar-refractivity contribution in [3.8, 4) is 11.3 Å². The fourth-order valence-corrected chi connectivity index (χ4v) is 4.38. The molecule has 0 radical (unpaired) electrons. The second-order valence-corrected chi connectivity index (χ2v) is 8.85. The predicted molar refractivity (Wildman–Crippen MR) is 130 cm³/mol. The molecule has 0 aliphatic carbocycles. The van der Waals surface area contributed by atoms with Crippen molar-refractivity contribution in [2.45, 2.75) is 20.0 Å². The highest BCUT2D eigenvalue weighted by atomic mass is 35.5. The number of aromatic nitrogens is 4. The highest BCUT2D eigenvalue weighted by molar-refractivity contribution is 6.30. The van der Waals surface area contributed by atoms with Gasteiger partial charge in [0, 0.05) is 42.6 Å². The van der Waals surface area contributed by atoms with Crippen LogP contribution in [0.15, 0.2) is 47.4 Å². The van der Waals surface area contributed by atoms with Crippen LogP contribution in [0.3, 0.4) is 0 Å². The van der Waals surface area contributed by atoms with Crippen molar-refractivity contribution in [3.63, 3.8) is 0 Å². The second kappa shape index (κ2) is 8.77. The monoisotopic (exact) mass is 479 g/mol. The average Bonchev–Trinajstić information content (AvgIpc) is 2.82. The number of pyridine rings is 2. The summed E-state index contributed by atoms with van der Waals surface area (Å²) in [6.07, 6.45) is 1.59. The maximum atomic E-state index is 15.0. The van der Waals surface area contributed by atoms with Crippen molar-refractivity contribution in [2.24, 2.45) is 7.05 Å². The number of ether oxygens (including phenoxy) is 1. The molecule has 3 aromatic heterocycles. The van der Waals surface area contributed by atoms with E-state index in [2.05, 4.69) is 14.9 Å². The van der Waals surface area contributed by atoms with Crippen LogP contribution in [-0.4, -0.2) is 39.2 Å². The summed E-state index contributed by atoms with van der Waals surface area (Å²) >= 11 is 5.98. The summed E-state index contributed by atoms with van der Waals surface area (Å²) in [6, 6.07) is 10.1. The molecule has 7 nitrogen and oxygen atoms in total. The first-order valence-corrected chi connectivity index (χ1v) is 11.3. The van der Waals surface area contributed by atoms with Gasteiger partial charge in [0.1, 0.15) is 34.8 Å². The first kappa shape index (κ1) is 22.4. The van der Waals surface area contributed by atoms with Gasteiger partial charge < -0.3 is 9.64 Å². The van der Waals surface area contributed by atoms with E-state index in [9.17, 15) is 9.18 Å². The SMILES string of the molecule is Cc1cc([C@@H]2CN(c3cc4c(=O)n(C)c(C)nc4c(-c4ccc(Cl)cc4F)n3)CCO2)ccn1. The van der Waals surface area contributed by atoms with Crippen molar-refractivity contribution in [1.29, 1.82) is 0 Å². The molecule has 0 saturated carbocycles.